The summed E-state index contributed by atoms with van der Waals surface area (Å²) in [5.74, 6) is 0. The molecule has 1 heterocycles. The Bertz CT molecular complexity index is 846. The Morgan fingerprint density at radius 3 is 2.50 bits per heavy atom. The standard InChI is InChI=1S/C11H5ClN4O2S2/c12-11-15-6-10(19-11)20(17,18)16-9-2-1-7(4-13)8(3-9)5-14/h1-3,6,16H. The van der Waals surface area contributed by atoms with Crippen molar-refractivity contribution in [1.29, 1.82) is 10.5 Å². The van der Waals surface area contributed by atoms with Gasteiger partial charge in [-0.1, -0.05) is 22.9 Å². The van der Waals surface area contributed by atoms with Crippen molar-refractivity contribution in [2.24, 2.45) is 0 Å². The fourth-order valence-electron chi connectivity index (χ4n) is 1.37. The molecule has 1 N–H and O–H groups in total. The van der Waals surface area contributed by atoms with E-state index in [0.717, 1.165) is 17.5 Å². The number of nitrogens with one attached hydrogen (secondary N) is 1. The fourth-order valence-corrected chi connectivity index (χ4v) is 3.71. The lowest BCUT2D eigenvalue weighted by Gasteiger charge is -2.06. The van der Waals surface area contributed by atoms with Gasteiger partial charge in [-0.15, -0.1) is 0 Å². The van der Waals surface area contributed by atoms with Crippen molar-refractivity contribution < 1.29 is 8.42 Å². The molecule has 0 bridgehead atoms. The first-order valence-corrected chi connectivity index (χ1v) is 7.72. The van der Waals surface area contributed by atoms with E-state index in [1.54, 1.807) is 0 Å². The van der Waals surface area contributed by atoms with Crippen LogP contribution in [0.4, 0.5) is 5.69 Å². The van der Waals surface area contributed by atoms with E-state index in [1.807, 2.05) is 12.1 Å². The number of nitriles is 2. The van der Waals surface area contributed by atoms with Crippen molar-refractivity contribution in [3.05, 3.63) is 40.0 Å². The summed E-state index contributed by atoms with van der Waals surface area (Å²) in [5.41, 5.74) is 0.455. The van der Waals surface area contributed by atoms with Crippen molar-refractivity contribution in [3.63, 3.8) is 0 Å². The highest BCUT2D eigenvalue weighted by atomic mass is 35.5. The SMILES string of the molecule is N#Cc1ccc(NS(=O)(=O)c2cnc(Cl)s2)cc1C#N. The number of benzene rings is 1. The molecule has 0 fully saturated rings. The van der Waals surface area contributed by atoms with Gasteiger partial charge in [-0.3, -0.25) is 4.72 Å². The molecule has 100 valence electrons. The normalized spacial score (nSPS) is 10.6. The minimum absolute atomic E-state index is 0.0367. The molecule has 0 aliphatic rings. The maximum atomic E-state index is 12.0. The summed E-state index contributed by atoms with van der Waals surface area (Å²) in [7, 11) is -3.81. The van der Waals surface area contributed by atoms with Crippen molar-refractivity contribution in [3.8, 4) is 12.1 Å². The lowest BCUT2D eigenvalue weighted by molar-refractivity contribution is 0.603. The minimum atomic E-state index is -3.81. The van der Waals surface area contributed by atoms with E-state index >= 15 is 0 Å². The molecule has 1 aromatic heterocycles. The lowest BCUT2D eigenvalue weighted by Crippen LogP contribution is -2.11. The average Bonchev–Trinajstić information content (AvgIpc) is 2.85. The summed E-state index contributed by atoms with van der Waals surface area (Å²) in [6.45, 7) is 0. The number of hydrogen-bond donors (Lipinski definition) is 1. The van der Waals surface area contributed by atoms with E-state index in [9.17, 15) is 8.42 Å². The van der Waals surface area contributed by atoms with Crippen molar-refractivity contribution in [2.75, 3.05) is 4.72 Å². The first-order chi connectivity index (χ1) is 9.46. The highest BCUT2D eigenvalue weighted by Crippen LogP contribution is 2.25. The predicted molar refractivity (Wildman–Crippen MR) is 73.8 cm³/mol. The molecule has 6 nitrogen and oxygen atoms in total. The molecule has 9 heteroatoms. The highest BCUT2D eigenvalue weighted by Gasteiger charge is 2.18. The van der Waals surface area contributed by atoms with Gasteiger partial charge < -0.3 is 0 Å². The van der Waals surface area contributed by atoms with Crippen LogP contribution in [0.15, 0.2) is 28.6 Å². The van der Waals surface area contributed by atoms with Gasteiger partial charge in [0.15, 0.2) is 8.68 Å². The van der Waals surface area contributed by atoms with Crippen LogP contribution >= 0.6 is 22.9 Å². The zero-order valence-electron chi connectivity index (χ0n) is 9.66. The Kier molecular flexibility index (Phi) is 3.91. The van der Waals surface area contributed by atoms with Crippen molar-refractivity contribution in [2.45, 2.75) is 4.21 Å². The van der Waals surface area contributed by atoms with Crippen LogP contribution in [0, 0.1) is 22.7 Å². The van der Waals surface area contributed by atoms with E-state index in [0.29, 0.717) is 0 Å². The number of thiazole rings is 1. The highest BCUT2D eigenvalue weighted by molar-refractivity contribution is 7.94. The summed E-state index contributed by atoms with van der Waals surface area (Å²) in [6.07, 6.45) is 1.14. The Balaban J connectivity index is 2.36. The summed E-state index contributed by atoms with van der Waals surface area (Å²) in [4.78, 5) is 3.66. The van der Waals surface area contributed by atoms with Crippen molar-refractivity contribution in [1.82, 2.24) is 4.98 Å². The van der Waals surface area contributed by atoms with Crippen LogP contribution in [0.1, 0.15) is 11.1 Å². The third kappa shape index (κ3) is 2.89. The summed E-state index contributed by atoms with van der Waals surface area (Å²) < 4.78 is 26.4. The largest absolute Gasteiger partial charge is 0.279 e. The molecule has 20 heavy (non-hydrogen) atoms. The topological polar surface area (TPSA) is 107 Å². The Hall–Kier alpha value is -2.13. The molecule has 0 aliphatic heterocycles. The van der Waals surface area contributed by atoms with Gasteiger partial charge in [-0.2, -0.15) is 10.5 Å². The second-order valence-corrected chi connectivity index (χ2v) is 7.04. The Morgan fingerprint density at radius 1 is 1.25 bits per heavy atom. The number of rotatable bonds is 3. The maximum absolute atomic E-state index is 12.0. The van der Waals surface area contributed by atoms with Crippen LogP contribution in [0.2, 0.25) is 4.47 Å². The predicted octanol–water partition coefficient (Wildman–Crippen LogP) is 2.34. The van der Waals surface area contributed by atoms with Crippen LogP contribution in [0.25, 0.3) is 0 Å². The van der Waals surface area contributed by atoms with Gasteiger partial charge in [-0.25, -0.2) is 13.4 Å². The summed E-state index contributed by atoms with van der Waals surface area (Å²) in [6, 6.07) is 7.74. The van der Waals surface area contributed by atoms with Crippen LogP contribution < -0.4 is 4.72 Å². The van der Waals surface area contributed by atoms with Gasteiger partial charge in [0.1, 0.15) is 12.1 Å². The molecule has 1 aromatic carbocycles. The molecule has 0 saturated carbocycles. The van der Waals surface area contributed by atoms with Crippen LogP contribution in [-0.4, -0.2) is 13.4 Å². The quantitative estimate of drug-likeness (QED) is 0.932. The number of anilines is 1. The zero-order valence-corrected chi connectivity index (χ0v) is 12.1. The number of sulfonamides is 1. The number of nitrogens with zero attached hydrogens (tertiary/aromatic N) is 3. The monoisotopic (exact) mass is 324 g/mol. The van der Waals surface area contributed by atoms with Gasteiger partial charge in [0.05, 0.1) is 23.0 Å². The number of hydrogen-bond acceptors (Lipinski definition) is 6. The van der Waals surface area contributed by atoms with Crippen LogP contribution in [-0.2, 0) is 10.0 Å². The van der Waals surface area contributed by atoms with Crippen LogP contribution in [0.3, 0.4) is 0 Å². The molecule has 0 spiro atoms. The Morgan fingerprint density at radius 2 is 1.95 bits per heavy atom. The van der Waals surface area contributed by atoms with E-state index < -0.39 is 10.0 Å². The third-order valence-corrected chi connectivity index (χ3v) is 5.19. The first-order valence-electron chi connectivity index (χ1n) is 5.04. The molecule has 0 atom stereocenters. The number of halogens is 1. The average molecular weight is 325 g/mol. The smallest absolute Gasteiger partial charge is 0.273 e. The maximum Gasteiger partial charge on any atom is 0.273 e. The third-order valence-electron chi connectivity index (χ3n) is 2.23. The second-order valence-electron chi connectivity index (χ2n) is 3.52. The van der Waals surface area contributed by atoms with Crippen LogP contribution in [0.5, 0.6) is 0 Å². The molecule has 0 unspecified atom stereocenters. The molecule has 0 saturated heterocycles. The van der Waals surface area contributed by atoms with Gasteiger partial charge in [0.25, 0.3) is 10.0 Å². The lowest BCUT2D eigenvalue weighted by atomic mass is 10.1. The van der Waals surface area contributed by atoms with E-state index in [2.05, 4.69) is 9.71 Å². The summed E-state index contributed by atoms with van der Waals surface area (Å²) in [5, 5.41) is 17.7. The zero-order chi connectivity index (χ0) is 14.8. The van der Waals surface area contributed by atoms with E-state index in [4.69, 9.17) is 22.1 Å². The minimum Gasteiger partial charge on any atom is -0.279 e. The first kappa shape index (κ1) is 14.3. The molecule has 2 rings (SSSR count). The molecular formula is C11H5ClN4O2S2. The van der Waals surface area contributed by atoms with Gasteiger partial charge in [0, 0.05) is 0 Å². The van der Waals surface area contributed by atoms with E-state index in [1.165, 1.54) is 18.2 Å². The molecule has 0 radical (unpaired) electrons. The Labute approximate surface area is 123 Å². The van der Waals surface area contributed by atoms with Gasteiger partial charge >= 0.3 is 0 Å². The summed E-state index contributed by atoms with van der Waals surface area (Å²) >= 11 is 6.41. The molecule has 0 amide bonds. The molecule has 0 aliphatic carbocycles. The van der Waals surface area contributed by atoms with E-state index in [-0.39, 0.29) is 25.5 Å². The fraction of sp³-hybridized carbons (Fsp3) is 0. The van der Waals surface area contributed by atoms with Gasteiger partial charge in [-0.05, 0) is 18.2 Å². The second kappa shape index (κ2) is 5.47. The van der Waals surface area contributed by atoms with Crippen molar-refractivity contribution >= 4 is 38.6 Å². The van der Waals surface area contributed by atoms with Gasteiger partial charge in [0.2, 0.25) is 0 Å². The molecular weight excluding hydrogens is 320 g/mol. The number of aromatic nitrogens is 1. The molecule has 2 aromatic rings.